The summed E-state index contributed by atoms with van der Waals surface area (Å²) in [7, 11) is 0. The maximum Gasteiger partial charge on any atom is 0.359 e. The van der Waals surface area contributed by atoms with E-state index in [1.807, 2.05) is 0 Å². The maximum absolute atomic E-state index is 10.9. The molecule has 1 aliphatic rings. The summed E-state index contributed by atoms with van der Waals surface area (Å²) in [6.07, 6.45) is 4.66. The van der Waals surface area contributed by atoms with E-state index in [0.717, 1.165) is 26.1 Å². The quantitative estimate of drug-likeness (QED) is 0.799. The minimum absolute atomic E-state index is 0.109. The van der Waals surface area contributed by atoms with Crippen LogP contribution in [0.15, 0.2) is 12.4 Å². The number of nitrogens with one attached hydrogen (secondary N) is 1. The number of aromatic amines is 1. The monoisotopic (exact) mass is 315 g/mol. The number of aromatic carboxylic acids is 1. The van der Waals surface area contributed by atoms with Gasteiger partial charge >= 0.3 is 5.97 Å². The molecule has 0 aliphatic carbocycles. The van der Waals surface area contributed by atoms with Crippen LogP contribution in [0.1, 0.15) is 29.0 Å². The molecule has 3 rings (SSSR count). The Balaban J connectivity index is 1.66. The van der Waals surface area contributed by atoms with Crippen molar-refractivity contribution < 1.29 is 19.4 Å². The third-order valence-corrected chi connectivity index (χ3v) is 3.19. The summed E-state index contributed by atoms with van der Waals surface area (Å²) in [6, 6.07) is 0. The molecule has 118 valence electrons. The molecule has 0 saturated carbocycles. The highest BCUT2D eigenvalue weighted by Gasteiger charge is 2.17. The van der Waals surface area contributed by atoms with Gasteiger partial charge in [0.05, 0.1) is 12.4 Å². The zero-order valence-corrected chi connectivity index (χ0v) is 12.0. The molecule has 2 aromatic heterocycles. The first-order chi connectivity index (χ1) is 11.2. The van der Waals surface area contributed by atoms with Crippen molar-refractivity contribution in [2.24, 2.45) is 5.92 Å². The molecule has 0 unspecified atom stereocenters. The van der Waals surface area contributed by atoms with Crippen LogP contribution in [0, 0.1) is 17.8 Å². The minimum atomic E-state index is -1.23. The van der Waals surface area contributed by atoms with E-state index in [1.54, 1.807) is 0 Å². The van der Waals surface area contributed by atoms with Crippen molar-refractivity contribution in [1.29, 1.82) is 0 Å². The normalized spacial score (nSPS) is 14.8. The van der Waals surface area contributed by atoms with E-state index in [4.69, 9.17) is 14.6 Å². The van der Waals surface area contributed by atoms with Crippen LogP contribution in [-0.2, 0) is 4.74 Å². The third kappa shape index (κ3) is 3.81. The zero-order valence-electron chi connectivity index (χ0n) is 12.0. The van der Waals surface area contributed by atoms with Crippen LogP contribution in [0.4, 0.5) is 0 Å². The van der Waals surface area contributed by atoms with Gasteiger partial charge in [-0.25, -0.2) is 19.9 Å². The van der Waals surface area contributed by atoms with Crippen molar-refractivity contribution in [3.05, 3.63) is 23.8 Å². The van der Waals surface area contributed by atoms with E-state index in [2.05, 4.69) is 37.2 Å². The van der Waals surface area contributed by atoms with Crippen molar-refractivity contribution in [1.82, 2.24) is 25.4 Å². The van der Waals surface area contributed by atoms with Crippen molar-refractivity contribution in [3.63, 3.8) is 0 Å². The van der Waals surface area contributed by atoms with Crippen LogP contribution in [0.3, 0.4) is 0 Å². The largest absolute Gasteiger partial charge is 0.476 e. The van der Waals surface area contributed by atoms with Crippen molar-refractivity contribution >= 4 is 5.97 Å². The van der Waals surface area contributed by atoms with E-state index in [1.165, 1.54) is 12.4 Å². The number of nitrogens with zero attached hydrogens (tertiary/aromatic N) is 4. The van der Waals surface area contributed by atoms with Crippen LogP contribution < -0.4 is 4.74 Å². The lowest BCUT2D eigenvalue weighted by atomic mass is 10.0. The highest BCUT2D eigenvalue weighted by atomic mass is 16.5. The van der Waals surface area contributed by atoms with Gasteiger partial charge < -0.3 is 14.6 Å². The molecule has 1 saturated heterocycles. The molecule has 0 amide bonds. The molecule has 0 radical (unpaired) electrons. The van der Waals surface area contributed by atoms with Gasteiger partial charge in [0.1, 0.15) is 5.69 Å². The molecule has 1 aliphatic heterocycles. The molecule has 23 heavy (non-hydrogen) atoms. The van der Waals surface area contributed by atoms with Gasteiger partial charge in [0.25, 0.3) is 5.88 Å². The SMILES string of the molecule is O=C(O)c1[nH]nnc1Oc1cnc(C#CC2CCOCC2)cn1. The van der Waals surface area contributed by atoms with E-state index in [9.17, 15) is 4.79 Å². The molecule has 0 aromatic carbocycles. The second kappa shape index (κ2) is 6.85. The number of rotatable bonds is 3. The highest BCUT2D eigenvalue weighted by molar-refractivity contribution is 5.87. The molecule has 2 aromatic rings. The summed E-state index contributed by atoms with van der Waals surface area (Å²) in [6.45, 7) is 1.48. The highest BCUT2D eigenvalue weighted by Crippen LogP contribution is 2.18. The van der Waals surface area contributed by atoms with Crippen LogP contribution in [-0.4, -0.2) is 49.7 Å². The van der Waals surface area contributed by atoms with Gasteiger partial charge in [-0.1, -0.05) is 16.2 Å². The van der Waals surface area contributed by atoms with Crippen molar-refractivity contribution in [2.75, 3.05) is 13.2 Å². The Morgan fingerprint density at radius 3 is 2.87 bits per heavy atom. The molecule has 3 heterocycles. The van der Waals surface area contributed by atoms with Crippen molar-refractivity contribution in [3.8, 4) is 23.6 Å². The summed E-state index contributed by atoms with van der Waals surface area (Å²) < 4.78 is 10.5. The third-order valence-electron chi connectivity index (χ3n) is 3.19. The van der Waals surface area contributed by atoms with Crippen LogP contribution in [0.25, 0.3) is 0 Å². The van der Waals surface area contributed by atoms with E-state index < -0.39 is 5.97 Å². The number of aromatic nitrogens is 5. The summed E-state index contributed by atoms with van der Waals surface area (Å²) >= 11 is 0. The summed E-state index contributed by atoms with van der Waals surface area (Å²) in [5.41, 5.74) is 0.262. The molecule has 9 heteroatoms. The predicted molar refractivity (Wildman–Crippen MR) is 75.9 cm³/mol. The van der Waals surface area contributed by atoms with Gasteiger partial charge in [-0.2, -0.15) is 0 Å². The standard InChI is InChI=1S/C14H13N5O4/c20-14(21)12-13(18-19-17-12)23-11-8-15-10(7-16-11)2-1-9-3-5-22-6-4-9/h7-9H,3-6H2,(H,20,21)(H,17,18,19). The lowest BCUT2D eigenvalue weighted by Crippen LogP contribution is -2.13. The Labute approximate surface area is 131 Å². The summed E-state index contributed by atoms with van der Waals surface area (Å²) in [5, 5.41) is 18.1. The van der Waals surface area contributed by atoms with Crippen LogP contribution in [0.5, 0.6) is 11.8 Å². The lowest BCUT2D eigenvalue weighted by Gasteiger charge is -2.16. The molecular weight excluding hydrogens is 302 g/mol. The average molecular weight is 315 g/mol. The fourth-order valence-electron chi connectivity index (χ4n) is 1.98. The van der Waals surface area contributed by atoms with Gasteiger partial charge in [-0.15, -0.1) is 0 Å². The Morgan fingerprint density at radius 1 is 1.35 bits per heavy atom. The first-order valence-electron chi connectivity index (χ1n) is 6.96. The lowest BCUT2D eigenvalue weighted by molar-refractivity contribution is 0.0687. The fourth-order valence-corrected chi connectivity index (χ4v) is 1.98. The minimum Gasteiger partial charge on any atom is -0.476 e. The van der Waals surface area contributed by atoms with Gasteiger partial charge in [-0.05, 0) is 18.8 Å². The van der Waals surface area contributed by atoms with Gasteiger partial charge in [0.15, 0.2) is 0 Å². The Hall–Kier alpha value is -2.99. The number of carbonyl (C=O) groups is 1. The second-order valence-corrected chi connectivity index (χ2v) is 4.80. The van der Waals surface area contributed by atoms with Gasteiger partial charge in [0.2, 0.25) is 11.6 Å². The number of carboxylic acids is 1. The first kappa shape index (κ1) is 14.9. The fraction of sp³-hybridized carbons (Fsp3) is 0.357. The Kier molecular flexibility index (Phi) is 4.44. The maximum atomic E-state index is 10.9. The molecule has 1 fully saturated rings. The number of hydrogen-bond donors (Lipinski definition) is 2. The molecule has 0 atom stereocenters. The summed E-state index contributed by atoms with van der Waals surface area (Å²) in [4.78, 5) is 19.1. The molecular formula is C14H13N5O4. The number of carboxylic acid groups (broad SMARTS) is 1. The average Bonchev–Trinajstić information content (AvgIpc) is 3.04. The molecule has 0 spiro atoms. The second-order valence-electron chi connectivity index (χ2n) is 4.80. The van der Waals surface area contributed by atoms with Crippen LogP contribution >= 0.6 is 0 Å². The van der Waals surface area contributed by atoms with E-state index >= 15 is 0 Å². The molecule has 0 bridgehead atoms. The number of hydrogen-bond acceptors (Lipinski definition) is 7. The Bertz CT molecular complexity index is 741. The number of H-pyrrole nitrogens is 1. The van der Waals surface area contributed by atoms with Crippen LogP contribution in [0.2, 0.25) is 0 Å². The predicted octanol–water partition coefficient (Wildman–Crippen LogP) is 0.863. The zero-order chi connectivity index (χ0) is 16.1. The van der Waals surface area contributed by atoms with Gasteiger partial charge in [-0.3, -0.25) is 0 Å². The molecule has 9 nitrogen and oxygen atoms in total. The summed E-state index contributed by atoms with van der Waals surface area (Å²) in [5.74, 6) is 5.14. The first-order valence-corrected chi connectivity index (χ1v) is 6.96. The Morgan fingerprint density at radius 2 is 2.17 bits per heavy atom. The van der Waals surface area contributed by atoms with E-state index in [0.29, 0.717) is 11.6 Å². The molecule has 2 N–H and O–H groups in total. The van der Waals surface area contributed by atoms with E-state index in [-0.39, 0.29) is 17.5 Å². The topological polar surface area (TPSA) is 123 Å². The van der Waals surface area contributed by atoms with Gasteiger partial charge in [0, 0.05) is 19.1 Å². The number of ether oxygens (including phenoxy) is 2. The smallest absolute Gasteiger partial charge is 0.359 e. The van der Waals surface area contributed by atoms with Crippen molar-refractivity contribution in [2.45, 2.75) is 12.8 Å².